The Kier molecular flexibility index (Phi) is 34.3. The molecule has 22 nitrogen and oxygen atoms in total. The van der Waals surface area contributed by atoms with Gasteiger partial charge in [-0.15, -0.1) is 0 Å². The van der Waals surface area contributed by atoms with Crippen molar-refractivity contribution in [3.8, 4) is 11.3 Å². The van der Waals surface area contributed by atoms with Gasteiger partial charge in [0.05, 0.1) is 118 Å². The van der Waals surface area contributed by atoms with Gasteiger partial charge in [-0.1, -0.05) is 171 Å². The molecule has 8 aromatic carbocycles. The van der Waals surface area contributed by atoms with E-state index in [2.05, 4.69) is 76.1 Å². The van der Waals surface area contributed by atoms with Crippen LogP contribution in [0.25, 0.3) is 11.3 Å². The lowest BCUT2D eigenvalue weighted by Crippen LogP contribution is -2.30. The summed E-state index contributed by atoms with van der Waals surface area (Å²) in [6.07, 6.45) is 14.5. The van der Waals surface area contributed by atoms with Crippen LogP contribution in [0.15, 0.2) is 298 Å². The first-order chi connectivity index (χ1) is 58.4. The molecule has 13 rings (SSSR count). The van der Waals surface area contributed by atoms with Gasteiger partial charge in [-0.25, -0.2) is 38.7 Å². The number of nitrogens with zero attached hydrogens (tertiary/aromatic N) is 11. The zero-order valence-corrected chi connectivity index (χ0v) is 70.1. The molecule has 5 heterocycles. The molecule has 10 N–H and O–H groups in total. The number of nitrogens with two attached hydrogens (primary N) is 3. The molecular weight excluding hydrogens is 1750 g/mol. The third-order valence-electron chi connectivity index (χ3n) is 17.0. The quantitative estimate of drug-likeness (QED) is 0.0232. The van der Waals surface area contributed by atoms with Crippen molar-refractivity contribution in [1.29, 1.82) is 0 Å². The molecule has 0 saturated heterocycles. The lowest BCUT2D eigenvalue weighted by molar-refractivity contribution is 0.0934. The number of nitrogens with one attached hydrogen (secondary N) is 4. The van der Waals surface area contributed by atoms with Gasteiger partial charge in [-0.05, 0) is 204 Å². The number of aliphatic imine (C=N–C) groups is 6. The van der Waals surface area contributed by atoms with E-state index in [0.29, 0.717) is 95.4 Å². The smallest absolute Gasteiger partial charge is 0.252 e. The fourth-order valence-corrected chi connectivity index (χ4v) is 12.3. The van der Waals surface area contributed by atoms with Crippen LogP contribution < -0.4 is 38.5 Å². The Hall–Kier alpha value is -12.4. The summed E-state index contributed by atoms with van der Waals surface area (Å²) >= 11 is 60.2. The zero-order valence-electron chi connectivity index (χ0n) is 62.5. The van der Waals surface area contributed by atoms with E-state index in [0.717, 1.165) is 71.8 Å². The van der Waals surface area contributed by atoms with Crippen molar-refractivity contribution in [2.24, 2.45) is 47.2 Å². The Morgan fingerprint density at radius 1 is 0.322 bits per heavy atom. The van der Waals surface area contributed by atoms with Gasteiger partial charge >= 0.3 is 0 Å². The zero-order chi connectivity index (χ0) is 86.3. The number of aromatic nitrogens is 5. The highest BCUT2D eigenvalue weighted by Crippen LogP contribution is 2.34. The molecule has 0 bridgehead atoms. The molecule has 0 fully saturated rings. The Balaban J connectivity index is 0.000000169. The summed E-state index contributed by atoms with van der Waals surface area (Å²) < 4.78 is 28.6. The third kappa shape index (κ3) is 27.0. The second kappa shape index (κ2) is 45.7. The normalized spacial score (nSPS) is 12.2. The molecule has 0 aliphatic heterocycles. The van der Waals surface area contributed by atoms with Gasteiger partial charge in [0, 0.05) is 68.8 Å². The number of amides is 4. The van der Waals surface area contributed by atoms with E-state index in [1.165, 1.54) is 49.2 Å². The predicted molar refractivity (Wildman–Crippen MR) is 481 cm³/mol. The average Bonchev–Trinajstić information content (AvgIpc) is 0.822. The van der Waals surface area contributed by atoms with Gasteiger partial charge < -0.3 is 38.5 Å². The van der Waals surface area contributed by atoms with E-state index in [-0.39, 0.29) is 34.3 Å². The second-order valence-electron chi connectivity index (χ2n) is 25.0. The molecule has 34 heteroatoms. The van der Waals surface area contributed by atoms with Gasteiger partial charge in [-0.3, -0.25) is 44.1 Å². The van der Waals surface area contributed by atoms with Crippen LogP contribution in [0, 0.1) is 11.6 Å². The maximum atomic E-state index is 14.3. The summed E-state index contributed by atoms with van der Waals surface area (Å²) in [6.45, 7) is 0. The number of pyridine rings is 5. The molecule has 610 valence electrons. The lowest BCUT2D eigenvalue weighted by atomic mass is 10.0. The Bertz CT molecular complexity index is 5810. The van der Waals surface area contributed by atoms with Crippen LogP contribution in [-0.2, 0) is 0 Å². The monoisotopic (exact) mass is 1810 g/mol. The standard InChI is InChI=1S/C24H17Cl2N3O.C21H15Cl3FN5O.C21H16Cl3N5O.C21H16Cl2FN5O/c25-19-10-8-17(9-11-19)23(22-13-12-20(26)15-28-22)29-24(30)18-6-4-16(5-7-18)21-3-1-2-14-27-21;22-14-3-6-19(28-9-14)20(12-1-4-15(23)16(24)7-12)30-21(31)13-2-5-18(17(25)8-13)29-11-27-10-26;22-15-4-8-19(27-10-15)20(14-3-7-17(23)18(24)9-14)29-21(30)13-1-5-16(6-2-13)28-12-26-11-25;22-15-4-1-13(2-5-15)20(19-8-6-16(23)10-27-19)29-21(30)14-3-7-18(17(24)9-14)28-12-26-11-25/h1-15,23H,(H,29,30);1-11,20H,(H,30,31)(H2,26,27,29);2*1-12,20H,(H,29,30)(H2,25,26,28)/t23-;3*20-/m0000/s1. The molecule has 0 aliphatic carbocycles. The van der Waals surface area contributed by atoms with Crippen LogP contribution in [0.2, 0.25) is 50.2 Å². The number of hydrogen-bond donors (Lipinski definition) is 7. The number of benzene rings is 8. The van der Waals surface area contributed by atoms with Gasteiger partial charge in [-0.2, -0.15) is 0 Å². The molecule has 0 saturated carbocycles. The molecule has 4 amide bonds. The van der Waals surface area contributed by atoms with Crippen LogP contribution in [0.1, 0.15) is 111 Å². The SMILES string of the molecule is NC=NC=Nc1ccc(C(=O)N[C@@H](c2ccc(Cl)c(Cl)c2)c2ccc(Cl)cn2)cc1.NC=NC=Nc1ccc(C(=O)N[C@@H](c2ccc(Cl)c(Cl)c2)c2ccc(Cl)cn2)cc1F.NC=NC=Nc1ccc(C(=O)N[C@@H](c2ccc(Cl)cc2)c2ccc(Cl)cn2)cc1F.O=C(N[C@@H](c1ccc(Cl)cc1)c1ccc(Cl)cn1)c1ccc(-c2ccccn2)cc1. The van der Waals surface area contributed by atoms with Crippen molar-refractivity contribution in [2.75, 3.05) is 0 Å². The van der Waals surface area contributed by atoms with E-state index in [9.17, 15) is 28.0 Å². The van der Waals surface area contributed by atoms with Gasteiger partial charge in [0.15, 0.2) is 0 Å². The maximum Gasteiger partial charge on any atom is 0.252 e. The van der Waals surface area contributed by atoms with Gasteiger partial charge in [0.1, 0.15) is 42.0 Å². The molecule has 0 unspecified atom stereocenters. The van der Waals surface area contributed by atoms with Gasteiger partial charge in [0.2, 0.25) is 0 Å². The number of halogens is 12. The molecule has 0 spiro atoms. The molecule has 13 aromatic rings. The number of hydrogen-bond acceptors (Lipinski definition) is 12. The number of carbonyl (C=O) groups is 4. The molecule has 4 atom stereocenters. The summed E-state index contributed by atoms with van der Waals surface area (Å²) in [7, 11) is 0. The van der Waals surface area contributed by atoms with Crippen LogP contribution in [0.3, 0.4) is 0 Å². The topological polar surface area (TPSA) is 333 Å². The van der Waals surface area contributed by atoms with Crippen molar-refractivity contribution in [1.82, 2.24) is 46.2 Å². The summed E-state index contributed by atoms with van der Waals surface area (Å²) in [5.41, 5.74) is 24.4. The highest BCUT2D eigenvalue weighted by molar-refractivity contribution is 6.42. The molecule has 121 heavy (non-hydrogen) atoms. The third-order valence-corrected chi connectivity index (χ3v) is 19.8. The second-order valence-corrected chi connectivity index (χ2v) is 29.2. The van der Waals surface area contributed by atoms with Crippen LogP contribution in [-0.4, -0.2) is 86.6 Å². The number of rotatable bonds is 23. The first-order valence-corrected chi connectivity index (χ1v) is 39.3. The summed E-state index contributed by atoms with van der Waals surface area (Å²) in [5, 5.41) is 16.4. The van der Waals surface area contributed by atoms with E-state index in [1.807, 2.05) is 42.5 Å². The minimum atomic E-state index is -0.688. The Labute approximate surface area is 742 Å². The molecule has 0 radical (unpaired) electrons. The van der Waals surface area contributed by atoms with Gasteiger partial charge in [0.25, 0.3) is 23.6 Å². The minimum Gasteiger partial charge on any atom is -0.390 e. The predicted octanol–water partition coefficient (Wildman–Crippen LogP) is 21.2. The van der Waals surface area contributed by atoms with Crippen molar-refractivity contribution >= 4 is 195 Å². The summed E-state index contributed by atoms with van der Waals surface area (Å²) in [4.78, 5) is 95.8. The van der Waals surface area contributed by atoms with E-state index < -0.39 is 47.6 Å². The van der Waals surface area contributed by atoms with E-state index in [1.54, 1.807) is 170 Å². The molecule has 5 aromatic heterocycles. The van der Waals surface area contributed by atoms with Crippen LogP contribution >= 0.6 is 116 Å². The van der Waals surface area contributed by atoms with Crippen LogP contribution in [0.4, 0.5) is 25.8 Å². The largest absolute Gasteiger partial charge is 0.390 e. The van der Waals surface area contributed by atoms with E-state index in [4.69, 9.17) is 133 Å². The fourth-order valence-electron chi connectivity index (χ4n) is 11.0. The van der Waals surface area contributed by atoms with Crippen molar-refractivity contribution in [2.45, 2.75) is 24.2 Å². The van der Waals surface area contributed by atoms with Crippen molar-refractivity contribution in [3.63, 3.8) is 0 Å². The first kappa shape index (κ1) is 90.9. The Morgan fingerprint density at radius 3 is 0.967 bits per heavy atom. The molecular formula is C87H64Cl10F2N18O4. The van der Waals surface area contributed by atoms with E-state index >= 15 is 0 Å². The molecule has 0 aliphatic rings. The fraction of sp³-hybridized carbons (Fsp3) is 0.0460. The highest BCUT2D eigenvalue weighted by atomic mass is 35.5. The average molecular weight is 1820 g/mol. The number of carbonyl (C=O) groups excluding carboxylic acids is 4. The summed E-state index contributed by atoms with van der Waals surface area (Å²) in [6, 6.07) is 63.4. The lowest BCUT2D eigenvalue weighted by Gasteiger charge is -2.20. The Morgan fingerprint density at radius 2 is 0.645 bits per heavy atom. The minimum absolute atomic E-state index is 0.0163. The maximum absolute atomic E-state index is 14.3. The first-order valence-electron chi connectivity index (χ1n) is 35.5. The van der Waals surface area contributed by atoms with Crippen molar-refractivity contribution in [3.05, 3.63) is 397 Å². The van der Waals surface area contributed by atoms with Crippen LogP contribution in [0.5, 0.6) is 0 Å². The van der Waals surface area contributed by atoms with Crippen molar-refractivity contribution < 1.29 is 28.0 Å². The highest BCUT2D eigenvalue weighted by Gasteiger charge is 2.26. The summed E-state index contributed by atoms with van der Waals surface area (Å²) in [5.74, 6) is -2.87.